The Balaban J connectivity index is 2.23. The first-order valence-electron chi connectivity index (χ1n) is 9.20. The summed E-state index contributed by atoms with van der Waals surface area (Å²) in [7, 11) is 4.62. The van der Waals surface area contributed by atoms with E-state index in [0.29, 0.717) is 39.8 Å². The van der Waals surface area contributed by atoms with Crippen molar-refractivity contribution in [2.75, 3.05) is 21.3 Å². The summed E-state index contributed by atoms with van der Waals surface area (Å²) in [4.78, 5) is 28.0. The topological polar surface area (TPSA) is 98.9 Å². The molecule has 1 aromatic carbocycles. The number of aromatic nitrogens is 1. The highest BCUT2D eigenvalue weighted by Crippen LogP contribution is 2.34. The number of amides is 1. The number of H-pyrrole nitrogens is 1. The maximum Gasteiger partial charge on any atom is 0.340 e. The molecule has 0 aliphatic rings. The Morgan fingerprint density at radius 2 is 1.59 bits per heavy atom. The number of rotatable bonds is 8. The summed E-state index contributed by atoms with van der Waals surface area (Å²) < 4.78 is 21.2. The van der Waals surface area contributed by atoms with E-state index in [1.165, 1.54) is 21.3 Å². The second-order valence-electron chi connectivity index (χ2n) is 6.78. The van der Waals surface area contributed by atoms with Crippen molar-refractivity contribution in [3.05, 3.63) is 40.2 Å². The van der Waals surface area contributed by atoms with E-state index in [-0.39, 0.29) is 18.6 Å². The van der Waals surface area contributed by atoms with Crippen LogP contribution >= 0.6 is 0 Å². The Labute approximate surface area is 170 Å². The van der Waals surface area contributed by atoms with Crippen molar-refractivity contribution >= 4 is 11.9 Å². The molecule has 158 valence electrons. The summed E-state index contributed by atoms with van der Waals surface area (Å²) in [6.07, 6.45) is -0.244. The lowest BCUT2D eigenvalue weighted by Crippen LogP contribution is -2.24. The van der Waals surface area contributed by atoms with Crippen LogP contribution in [0.25, 0.3) is 0 Å². The molecule has 8 heteroatoms. The molecular weight excluding hydrogens is 376 g/mol. The minimum Gasteiger partial charge on any atom is -0.496 e. The fourth-order valence-corrected chi connectivity index (χ4v) is 3.05. The quantitative estimate of drug-likeness (QED) is 0.656. The van der Waals surface area contributed by atoms with Gasteiger partial charge in [-0.05, 0) is 39.3 Å². The van der Waals surface area contributed by atoms with Crippen LogP contribution in [0.5, 0.6) is 17.2 Å². The number of esters is 1. The molecule has 8 nitrogen and oxygen atoms in total. The van der Waals surface area contributed by atoms with E-state index in [1.807, 2.05) is 0 Å². The highest BCUT2D eigenvalue weighted by atomic mass is 16.5. The van der Waals surface area contributed by atoms with Gasteiger partial charge in [0, 0.05) is 23.9 Å². The van der Waals surface area contributed by atoms with Crippen LogP contribution in [0, 0.1) is 13.8 Å². The van der Waals surface area contributed by atoms with Gasteiger partial charge in [-0.2, -0.15) is 0 Å². The fraction of sp³-hybridized carbons (Fsp3) is 0.429. The van der Waals surface area contributed by atoms with E-state index >= 15 is 0 Å². The molecule has 1 aromatic heterocycles. The van der Waals surface area contributed by atoms with Crippen molar-refractivity contribution in [2.24, 2.45) is 0 Å². The molecular formula is C21H28N2O6. The number of aryl methyl sites for hydroxylation is 1. The smallest absolute Gasteiger partial charge is 0.340 e. The Bertz CT molecular complexity index is 901. The number of nitrogens with one attached hydrogen (secondary N) is 2. The van der Waals surface area contributed by atoms with Gasteiger partial charge >= 0.3 is 5.97 Å². The molecule has 0 saturated heterocycles. The van der Waals surface area contributed by atoms with Crippen molar-refractivity contribution in [2.45, 2.75) is 40.3 Å². The standard InChI is InChI=1S/C21H28N2O6/c1-11(2)29-21(25)18-12(3)19(23-13(18)4)20(24)22-10-14-8-16(27-6)17(28-7)9-15(14)26-5/h8-9,11,23H,10H2,1-7H3,(H,22,24). The summed E-state index contributed by atoms with van der Waals surface area (Å²) in [6, 6.07) is 3.45. The van der Waals surface area contributed by atoms with Crippen LogP contribution in [0.15, 0.2) is 12.1 Å². The third kappa shape index (κ3) is 4.82. The van der Waals surface area contributed by atoms with Gasteiger partial charge in [0.05, 0.1) is 33.0 Å². The summed E-state index contributed by atoms with van der Waals surface area (Å²) in [6.45, 7) is 7.20. The first kappa shape index (κ1) is 22.1. The molecule has 29 heavy (non-hydrogen) atoms. The molecule has 0 radical (unpaired) electrons. The maximum absolute atomic E-state index is 12.7. The van der Waals surface area contributed by atoms with Gasteiger partial charge < -0.3 is 29.2 Å². The van der Waals surface area contributed by atoms with Crippen molar-refractivity contribution in [1.82, 2.24) is 10.3 Å². The predicted molar refractivity (Wildman–Crippen MR) is 108 cm³/mol. The monoisotopic (exact) mass is 404 g/mol. The average molecular weight is 404 g/mol. The molecule has 0 fully saturated rings. The van der Waals surface area contributed by atoms with Crippen molar-refractivity contribution in [1.29, 1.82) is 0 Å². The third-order valence-corrected chi connectivity index (χ3v) is 4.44. The third-order valence-electron chi connectivity index (χ3n) is 4.44. The lowest BCUT2D eigenvalue weighted by Gasteiger charge is -2.14. The molecule has 1 heterocycles. The zero-order valence-corrected chi connectivity index (χ0v) is 17.9. The number of ether oxygens (including phenoxy) is 4. The van der Waals surface area contributed by atoms with Gasteiger partial charge in [-0.3, -0.25) is 4.79 Å². The Kier molecular flexibility index (Phi) is 7.14. The van der Waals surface area contributed by atoms with Gasteiger partial charge in [-0.25, -0.2) is 4.79 Å². The number of methoxy groups -OCH3 is 3. The van der Waals surface area contributed by atoms with E-state index in [9.17, 15) is 9.59 Å². The van der Waals surface area contributed by atoms with Crippen LogP contribution in [-0.2, 0) is 11.3 Å². The molecule has 2 aromatic rings. The van der Waals surface area contributed by atoms with Gasteiger partial charge in [0.2, 0.25) is 0 Å². The molecule has 0 atom stereocenters. The van der Waals surface area contributed by atoms with Gasteiger partial charge in [0.1, 0.15) is 11.4 Å². The Hall–Kier alpha value is -3.16. The van der Waals surface area contributed by atoms with E-state index in [1.54, 1.807) is 39.8 Å². The van der Waals surface area contributed by atoms with Crippen LogP contribution in [0.1, 0.15) is 51.5 Å². The minimum atomic E-state index is -0.452. The van der Waals surface area contributed by atoms with Crippen molar-refractivity contribution in [3.63, 3.8) is 0 Å². The summed E-state index contributed by atoms with van der Waals surface area (Å²) in [5.41, 5.74) is 2.55. The van der Waals surface area contributed by atoms with Gasteiger partial charge in [0.15, 0.2) is 11.5 Å². The number of aromatic amines is 1. The van der Waals surface area contributed by atoms with E-state index in [0.717, 1.165) is 5.56 Å². The predicted octanol–water partition coefficient (Wildman–Crippen LogP) is 3.15. The van der Waals surface area contributed by atoms with E-state index < -0.39 is 5.97 Å². The van der Waals surface area contributed by atoms with E-state index in [4.69, 9.17) is 18.9 Å². The number of carbonyl (C=O) groups excluding carboxylic acids is 2. The molecule has 0 unspecified atom stereocenters. The normalized spacial score (nSPS) is 10.6. The summed E-state index contributed by atoms with van der Waals surface area (Å²) in [5.74, 6) is 0.827. The van der Waals surface area contributed by atoms with Crippen LogP contribution in [0.4, 0.5) is 0 Å². The fourth-order valence-electron chi connectivity index (χ4n) is 3.05. The highest BCUT2D eigenvalue weighted by molar-refractivity contribution is 6.00. The number of carbonyl (C=O) groups is 2. The molecule has 2 N–H and O–H groups in total. The van der Waals surface area contributed by atoms with Crippen LogP contribution < -0.4 is 19.5 Å². The molecule has 0 aliphatic heterocycles. The minimum absolute atomic E-state index is 0.200. The second kappa shape index (κ2) is 9.36. The summed E-state index contributed by atoms with van der Waals surface area (Å²) >= 11 is 0. The first-order chi connectivity index (χ1) is 13.7. The maximum atomic E-state index is 12.7. The van der Waals surface area contributed by atoms with Gasteiger partial charge in [0.25, 0.3) is 5.91 Å². The number of benzene rings is 1. The SMILES string of the molecule is COc1cc(OC)c(OC)cc1CNC(=O)c1[nH]c(C)c(C(=O)OC(C)C)c1C. The molecule has 1 amide bonds. The summed E-state index contributed by atoms with van der Waals surface area (Å²) in [5, 5.41) is 2.84. The second-order valence-corrected chi connectivity index (χ2v) is 6.78. The molecule has 2 rings (SSSR count). The largest absolute Gasteiger partial charge is 0.496 e. The Morgan fingerprint density at radius 3 is 2.14 bits per heavy atom. The number of hydrogen-bond donors (Lipinski definition) is 2. The lowest BCUT2D eigenvalue weighted by molar-refractivity contribution is 0.0376. The molecule has 0 spiro atoms. The molecule has 0 aliphatic carbocycles. The number of hydrogen-bond acceptors (Lipinski definition) is 6. The highest BCUT2D eigenvalue weighted by Gasteiger charge is 2.24. The van der Waals surface area contributed by atoms with Crippen LogP contribution in [-0.4, -0.2) is 44.3 Å². The van der Waals surface area contributed by atoms with Crippen LogP contribution in [0.3, 0.4) is 0 Å². The van der Waals surface area contributed by atoms with E-state index in [2.05, 4.69) is 10.3 Å². The van der Waals surface area contributed by atoms with Crippen molar-refractivity contribution < 1.29 is 28.5 Å². The molecule has 0 saturated carbocycles. The zero-order chi connectivity index (χ0) is 21.7. The molecule has 0 bridgehead atoms. The first-order valence-corrected chi connectivity index (χ1v) is 9.20. The Morgan fingerprint density at radius 1 is 1.00 bits per heavy atom. The van der Waals surface area contributed by atoms with Crippen LogP contribution in [0.2, 0.25) is 0 Å². The van der Waals surface area contributed by atoms with Crippen molar-refractivity contribution in [3.8, 4) is 17.2 Å². The van der Waals surface area contributed by atoms with Gasteiger partial charge in [-0.1, -0.05) is 0 Å². The van der Waals surface area contributed by atoms with Gasteiger partial charge in [-0.15, -0.1) is 0 Å². The zero-order valence-electron chi connectivity index (χ0n) is 17.9. The lowest BCUT2D eigenvalue weighted by atomic mass is 10.1. The average Bonchev–Trinajstić information content (AvgIpc) is 2.98.